The Bertz CT molecular complexity index is 173. The van der Waals surface area contributed by atoms with Crippen molar-refractivity contribution in [1.82, 2.24) is 5.32 Å². The van der Waals surface area contributed by atoms with E-state index in [0.29, 0.717) is 0 Å². The van der Waals surface area contributed by atoms with Crippen molar-refractivity contribution in [2.24, 2.45) is 11.3 Å². The monoisotopic (exact) mass is 188 g/mol. The van der Waals surface area contributed by atoms with Gasteiger partial charge in [-0.05, 0) is 25.9 Å². The number of rotatable bonds is 3. The fraction of sp³-hybridized carbons (Fsp3) is 0.875. The van der Waals surface area contributed by atoms with E-state index < -0.39 is 5.41 Å². The van der Waals surface area contributed by atoms with Gasteiger partial charge in [0.15, 0.2) is 0 Å². The van der Waals surface area contributed by atoms with Gasteiger partial charge in [0.2, 0.25) is 0 Å². The van der Waals surface area contributed by atoms with Crippen LogP contribution in [0.1, 0.15) is 12.8 Å². The van der Waals surface area contributed by atoms with Gasteiger partial charge in [0.25, 0.3) is 0 Å². The number of nitrogens with one attached hydrogen (secondary N) is 1. The maximum Gasteiger partial charge on any atom is 0.314 e. The molecular weight excluding hydrogens is 172 g/mol. The van der Waals surface area contributed by atoms with Gasteiger partial charge in [-0.2, -0.15) is 0 Å². The Hall–Kier alpha value is -0.650. The van der Waals surface area contributed by atoms with E-state index in [1.54, 1.807) is 0 Å². The Balaban J connectivity index is 2.66. The van der Waals surface area contributed by atoms with Crippen LogP contribution in [0.2, 0.25) is 0 Å². The molecule has 0 amide bonds. The lowest BCUT2D eigenvalue weighted by atomic mass is 9.80. The van der Waals surface area contributed by atoms with E-state index in [9.17, 15) is 4.79 Å². The first kappa shape index (κ1) is 10.4. The van der Waals surface area contributed by atoms with Crippen molar-refractivity contribution in [2.45, 2.75) is 12.8 Å². The highest BCUT2D eigenvalue weighted by molar-refractivity contribution is 5.77. The molecule has 5 nitrogen and oxygen atoms in total. The number of esters is 1. The van der Waals surface area contributed by atoms with Crippen LogP contribution in [0.5, 0.6) is 0 Å². The van der Waals surface area contributed by atoms with Gasteiger partial charge in [-0.15, -0.1) is 0 Å². The third kappa shape index (κ3) is 2.18. The summed E-state index contributed by atoms with van der Waals surface area (Å²) >= 11 is 0. The molecular formula is C8H16N2O3. The van der Waals surface area contributed by atoms with Crippen LogP contribution in [-0.4, -0.2) is 32.8 Å². The molecule has 0 saturated carbocycles. The summed E-state index contributed by atoms with van der Waals surface area (Å²) in [4.78, 5) is 16.1. The zero-order valence-electron chi connectivity index (χ0n) is 7.84. The zero-order valence-corrected chi connectivity index (χ0v) is 7.84. The summed E-state index contributed by atoms with van der Waals surface area (Å²) in [5.74, 6) is 4.79. The predicted molar refractivity (Wildman–Crippen MR) is 46.7 cm³/mol. The number of hydrogen-bond acceptors (Lipinski definition) is 5. The first-order valence-corrected chi connectivity index (χ1v) is 4.36. The summed E-state index contributed by atoms with van der Waals surface area (Å²) in [5, 5.41) is 3.17. The van der Waals surface area contributed by atoms with Crippen LogP contribution < -0.4 is 11.2 Å². The van der Waals surface area contributed by atoms with Crippen LogP contribution in [0.3, 0.4) is 0 Å². The molecule has 76 valence electrons. The molecule has 1 fully saturated rings. The number of nitrogens with two attached hydrogens (primary N) is 1. The Kier molecular flexibility index (Phi) is 3.65. The largest absolute Gasteiger partial charge is 0.469 e. The van der Waals surface area contributed by atoms with Gasteiger partial charge in [0.1, 0.15) is 0 Å². The van der Waals surface area contributed by atoms with Gasteiger partial charge in [-0.25, -0.2) is 5.90 Å². The third-order valence-corrected chi connectivity index (χ3v) is 2.54. The van der Waals surface area contributed by atoms with Crippen LogP contribution in [0.25, 0.3) is 0 Å². The standard InChI is InChI=1S/C8H16N2O3/c1-12-7(11)8(6-13-9)2-4-10-5-3-8/h10H,2-6,9H2,1H3. The number of piperidine rings is 1. The Morgan fingerprint density at radius 3 is 2.62 bits per heavy atom. The average Bonchev–Trinajstić information content (AvgIpc) is 2.18. The smallest absolute Gasteiger partial charge is 0.314 e. The van der Waals surface area contributed by atoms with Crippen molar-refractivity contribution in [3.8, 4) is 0 Å². The summed E-state index contributed by atoms with van der Waals surface area (Å²) in [6, 6.07) is 0. The van der Waals surface area contributed by atoms with Crippen molar-refractivity contribution in [1.29, 1.82) is 0 Å². The van der Waals surface area contributed by atoms with Crippen LogP contribution in [0.4, 0.5) is 0 Å². The van der Waals surface area contributed by atoms with E-state index in [4.69, 9.17) is 10.6 Å². The lowest BCUT2D eigenvalue weighted by Gasteiger charge is -2.33. The maximum atomic E-state index is 11.5. The Morgan fingerprint density at radius 2 is 2.15 bits per heavy atom. The van der Waals surface area contributed by atoms with Crippen LogP contribution in [0, 0.1) is 5.41 Å². The van der Waals surface area contributed by atoms with Crippen molar-refractivity contribution in [3.63, 3.8) is 0 Å². The van der Waals surface area contributed by atoms with Crippen molar-refractivity contribution in [2.75, 3.05) is 26.8 Å². The SMILES string of the molecule is COC(=O)C1(CON)CCNCC1. The van der Waals surface area contributed by atoms with E-state index in [1.807, 2.05) is 0 Å². The summed E-state index contributed by atoms with van der Waals surface area (Å²) in [7, 11) is 1.39. The highest BCUT2D eigenvalue weighted by atomic mass is 16.6. The molecule has 0 aromatic heterocycles. The van der Waals surface area contributed by atoms with E-state index in [0.717, 1.165) is 25.9 Å². The fourth-order valence-corrected chi connectivity index (χ4v) is 1.69. The second kappa shape index (κ2) is 4.55. The third-order valence-electron chi connectivity index (χ3n) is 2.54. The molecule has 0 unspecified atom stereocenters. The highest BCUT2D eigenvalue weighted by Gasteiger charge is 2.40. The van der Waals surface area contributed by atoms with Gasteiger partial charge >= 0.3 is 5.97 Å². The highest BCUT2D eigenvalue weighted by Crippen LogP contribution is 2.30. The molecule has 1 saturated heterocycles. The minimum absolute atomic E-state index is 0.223. The fourth-order valence-electron chi connectivity index (χ4n) is 1.69. The minimum atomic E-state index is -0.533. The molecule has 0 atom stereocenters. The number of methoxy groups -OCH3 is 1. The summed E-state index contributed by atoms with van der Waals surface area (Å²) in [6.45, 7) is 1.85. The summed E-state index contributed by atoms with van der Waals surface area (Å²) in [6.07, 6.45) is 1.44. The number of carbonyl (C=O) groups excluding carboxylic acids is 1. The number of hydrogen-bond donors (Lipinski definition) is 2. The molecule has 1 aliphatic heterocycles. The molecule has 1 rings (SSSR count). The Labute approximate surface area is 77.5 Å². The molecule has 3 N–H and O–H groups in total. The van der Waals surface area contributed by atoms with Gasteiger partial charge < -0.3 is 14.9 Å². The van der Waals surface area contributed by atoms with Gasteiger partial charge in [0.05, 0.1) is 19.1 Å². The van der Waals surface area contributed by atoms with E-state index >= 15 is 0 Å². The van der Waals surface area contributed by atoms with Crippen LogP contribution in [-0.2, 0) is 14.4 Å². The molecule has 0 bridgehead atoms. The topological polar surface area (TPSA) is 73.6 Å². The van der Waals surface area contributed by atoms with Gasteiger partial charge in [-0.1, -0.05) is 0 Å². The molecule has 0 spiro atoms. The number of carbonyl (C=O) groups is 1. The van der Waals surface area contributed by atoms with E-state index in [1.165, 1.54) is 7.11 Å². The maximum absolute atomic E-state index is 11.5. The molecule has 0 aromatic rings. The summed E-state index contributed by atoms with van der Waals surface area (Å²) < 4.78 is 4.74. The lowest BCUT2D eigenvalue weighted by molar-refractivity contribution is -0.159. The molecule has 5 heteroatoms. The van der Waals surface area contributed by atoms with Gasteiger partial charge in [-0.3, -0.25) is 4.79 Å². The molecule has 1 aliphatic rings. The van der Waals surface area contributed by atoms with Crippen LogP contribution >= 0.6 is 0 Å². The zero-order chi connectivity index (χ0) is 9.73. The average molecular weight is 188 g/mol. The van der Waals surface area contributed by atoms with Crippen molar-refractivity contribution < 1.29 is 14.4 Å². The van der Waals surface area contributed by atoms with Crippen molar-refractivity contribution >= 4 is 5.97 Å². The first-order valence-electron chi connectivity index (χ1n) is 4.36. The molecule has 0 aliphatic carbocycles. The van der Waals surface area contributed by atoms with E-state index in [-0.39, 0.29) is 12.6 Å². The van der Waals surface area contributed by atoms with Crippen molar-refractivity contribution in [3.05, 3.63) is 0 Å². The second-order valence-electron chi connectivity index (χ2n) is 3.33. The molecule has 0 aromatic carbocycles. The molecule has 1 heterocycles. The number of ether oxygens (including phenoxy) is 1. The summed E-state index contributed by atoms with van der Waals surface area (Å²) in [5.41, 5.74) is -0.533. The van der Waals surface area contributed by atoms with Gasteiger partial charge in [0, 0.05) is 0 Å². The quantitative estimate of drug-likeness (QED) is 0.458. The Morgan fingerprint density at radius 1 is 1.54 bits per heavy atom. The minimum Gasteiger partial charge on any atom is -0.469 e. The lowest BCUT2D eigenvalue weighted by Crippen LogP contribution is -2.46. The predicted octanol–water partition coefficient (Wildman–Crippen LogP) is -0.580. The molecule has 0 radical (unpaired) electrons. The first-order chi connectivity index (χ1) is 6.25. The van der Waals surface area contributed by atoms with Crippen LogP contribution in [0.15, 0.2) is 0 Å². The molecule has 13 heavy (non-hydrogen) atoms. The second-order valence-corrected chi connectivity index (χ2v) is 3.33. The van der Waals surface area contributed by atoms with E-state index in [2.05, 4.69) is 10.2 Å². The normalized spacial score (nSPS) is 21.1.